The number of aromatic nitrogens is 1. The second-order valence-corrected chi connectivity index (χ2v) is 11.5. The number of benzene rings is 3. The zero-order valence-corrected chi connectivity index (χ0v) is 25.2. The minimum absolute atomic E-state index is 0.0777. The van der Waals surface area contributed by atoms with E-state index >= 15 is 0 Å². The average molecular weight is 607 g/mol. The van der Waals surface area contributed by atoms with Gasteiger partial charge < -0.3 is 21.1 Å². The Morgan fingerprint density at radius 1 is 0.930 bits per heavy atom. The number of nitrogens with zero attached hydrogens (tertiary/aromatic N) is 1. The van der Waals surface area contributed by atoms with Crippen LogP contribution >= 0.6 is 11.3 Å². The van der Waals surface area contributed by atoms with Crippen LogP contribution in [0, 0.1) is 13.8 Å². The van der Waals surface area contributed by atoms with Gasteiger partial charge in [-0.25, -0.2) is 13.8 Å². The Hall–Kier alpha value is -3.99. The van der Waals surface area contributed by atoms with E-state index in [1.54, 1.807) is 37.3 Å². The molecule has 10 heteroatoms. The summed E-state index contributed by atoms with van der Waals surface area (Å²) in [6.07, 6.45) is -0.632. The summed E-state index contributed by atoms with van der Waals surface area (Å²) in [7, 11) is 0. The summed E-state index contributed by atoms with van der Waals surface area (Å²) in [6, 6.07) is 19.9. The van der Waals surface area contributed by atoms with Gasteiger partial charge in [-0.2, -0.15) is 0 Å². The van der Waals surface area contributed by atoms with Crippen LogP contribution in [0.15, 0.2) is 78.2 Å². The van der Waals surface area contributed by atoms with E-state index in [-0.39, 0.29) is 31.1 Å². The molecule has 0 aliphatic carbocycles. The molecule has 2 atom stereocenters. The molecule has 4 rings (SSSR count). The predicted molar refractivity (Wildman–Crippen MR) is 164 cm³/mol. The van der Waals surface area contributed by atoms with E-state index in [0.29, 0.717) is 28.7 Å². The number of thiazole rings is 1. The van der Waals surface area contributed by atoms with Gasteiger partial charge in [-0.05, 0) is 55.2 Å². The molecule has 0 saturated carbocycles. The molecule has 7 nitrogen and oxygen atoms in total. The first kappa shape index (κ1) is 31.9. The second kappa shape index (κ2) is 14.5. The number of rotatable bonds is 13. The largest absolute Gasteiger partial charge is 0.390 e. The molecule has 2 amide bonds. The van der Waals surface area contributed by atoms with Crippen LogP contribution in [0.5, 0.6) is 0 Å². The lowest BCUT2D eigenvalue weighted by molar-refractivity contribution is 0.0173. The van der Waals surface area contributed by atoms with E-state index in [9.17, 15) is 23.5 Å². The number of hydrogen-bond donors (Lipinski definition) is 4. The highest BCUT2D eigenvalue weighted by atomic mass is 32.1. The molecule has 0 bridgehead atoms. The van der Waals surface area contributed by atoms with Crippen molar-refractivity contribution >= 4 is 23.2 Å². The summed E-state index contributed by atoms with van der Waals surface area (Å²) >= 11 is 1.47. The zero-order valence-electron chi connectivity index (χ0n) is 24.4. The van der Waals surface area contributed by atoms with Crippen molar-refractivity contribution in [3.8, 4) is 0 Å². The second-order valence-electron chi connectivity index (χ2n) is 10.6. The van der Waals surface area contributed by atoms with Crippen LogP contribution in [0.2, 0.25) is 0 Å². The Labute approximate surface area is 254 Å². The maximum atomic E-state index is 13.7. The SMILES string of the molecule is Cc1csc(CNC(=O)c2cccc(C(=O)N[C@@H](Cc3ccccc3)[C@H](O)CNCc3cccc(C(C)(F)F)c3)c2C)n1. The molecule has 0 unspecified atom stereocenters. The molecule has 1 aromatic heterocycles. The molecule has 0 aliphatic rings. The van der Waals surface area contributed by atoms with Gasteiger partial charge in [0.15, 0.2) is 0 Å². The van der Waals surface area contributed by atoms with Crippen LogP contribution < -0.4 is 16.0 Å². The Kier molecular flexibility index (Phi) is 10.7. The first-order valence-corrected chi connectivity index (χ1v) is 14.9. The number of carbonyl (C=O) groups excluding carboxylic acids is 2. The molecule has 0 saturated heterocycles. The Morgan fingerprint density at radius 2 is 1.60 bits per heavy atom. The molecule has 3 aromatic carbocycles. The third-order valence-corrected chi connectivity index (χ3v) is 8.05. The summed E-state index contributed by atoms with van der Waals surface area (Å²) in [4.78, 5) is 30.8. The Morgan fingerprint density at radius 3 is 2.28 bits per heavy atom. The lowest BCUT2D eigenvalue weighted by Crippen LogP contribution is -2.48. The summed E-state index contributed by atoms with van der Waals surface area (Å²) in [5, 5.41) is 22.8. The number of amides is 2. The molecule has 0 radical (unpaired) electrons. The fourth-order valence-electron chi connectivity index (χ4n) is 4.72. The average Bonchev–Trinajstić information content (AvgIpc) is 3.40. The Bertz CT molecular complexity index is 1540. The topological polar surface area (TPSA) is 103 Å². The van der Waals surface area contributed by atoms with Crippen LogP contribution in [0.3, 0.4) is 0 Å². The third-order valence-electron chi connectivity index (χ3n) is 7.09. The van der Waals surface area contributed by atoms with Crippen molar-refractivity contribution in [2.24, 2.45) is 0 Å². The van der Waals surface area contributed by atoms with Crippen LogP contribution in [0.25, 0.3) is 0 Å². The minimum Gasteiger partial charge on any atom is -0.390 e. The van der Waals surface area contributed by atoms with Crippen molar-refractivity contribution in [2.75, 3.05) is 6.54 Å². The summed E-state index contributed by atoms with van der Waals surface area (Å²) < 4.78 is 27.5. The minimum atomic E-state index is -2.95. The molecular weight excluding hydrogens is 570 g/mol. The van der Waals surface area contributed by atoms with Gasteiger partial charge in [0.25, 0.3) is 17.7 Å². The van der Waals surface area contributed by atoms with E-state index < -0.39 is 24.0 Å². The molecule has 4 N–H and O–H groups in total. The predicted octanol–water partition coefficient (Wildman–Crippen LogP) is 5.29. The summed E-state index contributed by atoms with van der Waals surface area (Å²) in [5.74, 6) is -3.67. The first-order chi connectivity index (χ1) is 20.5. The number of nitrogens with one attached hydrogen (secondary N) is 3. The maximum absolute atomic E-state index is 13.7. The molecule has 0 fully saturated rings. The van der Waals surface area contributed by atoms with Crippen LogP contribution in [-0.2, 0) is 25.4 Å². The maximum Gasteiger partial charge on any atom is 0.270 e. The number of aliphatic hydroxyl groups is 1. The highest BCUT2D eigenvalue weighted by Crippen LogP contribution is 2.27. The van der Waals surface area contributed by atoms with E-state index in [0.717, 1.165) is 23.2 Å². The van der Waals surface area contributed by atoms with Crippen molar-refractivity contribution in [2.45, 2.75) is 58.3 Å². The molecule has 1 heterocycles. The van der Waals surface area contributed by atoms with Crippen LogP contribution in [-0.4, -0.2) is 40.6 Å². The fourth-order valence-corrected chi connectivity index (χ4v) is 5.43. The standard InChI is InChI=1S/C33H36F2N4O3S/c1-21-20-43-30(38-21)19-37-31(41)26-13-8-14-27(22(26)2)32(42)39-28(16-23-9-5-4-6-10-23)29(40)18-36-17-24-11-7-12-25(15-24)33(3,34)35/h4-15,20,28-29,36,40H,16-19H2,1-3H3,(H,37,41)(H,39,42)/t28-,29+/m0/s1. The lowest BCUT2D eigenvalue weighted by Gasteiger charge is -2.25. The van der Waals surface area contributed by atoms with Gasteiger partial charge in [-0.1, -0.05) is 54.6 Å². The highest BCUT2D eigenvalue weighted by molar-refractivity contribution is 7.09. The Balaban J connectivity index is 1.44. The third kappa shape index (κ3) is 9.00. The number of alkyl halides is 2. The van der Waals surface area contributed by atoms with Gasteiger partial charge in [0.2, 0.25) is 0 Å². The smallest absolute Gasteiger partial charge is 0.270 e. The van der Waals surface area contributed by atoms with Crippen molar-refractivity contribution in [1.82, 2.24) is 20.9 Å². The van der Waals surface area contributed by atoms with E-state index in [2.05, 4.69) is 20.9 Å². The highest BCUT2D eigenvalue weighted by Gasteiger charge is 2.26. The van der Waals surface area contributed by atoms with E-state index in [4.69, 9.17) is 0 Å². The molecular formula is C33H36F2N4O3S. The summed E-state index contributed by atoms with van der Waals surface area (Å²) in [6.45, 7) is 5.13. The van der Waals surface area contributed by atoms with Crippen LogP contribution in [0.1, 0.15) is 60.6 Å². The number of aryl methyl sites for hydroxylation is 1. The molecule has 4 aromatic rings. The molecule has 0 aliphatic heterocycles. The molecule has 226 valence electrons. The number of carbonyl (C=O) groups is 2. The fraction of sp³-hybridized carbons (Fsp3) is 0.303. The van der Waals surface area contributed by atoms with Gasteiger partial charge in [-0.15, -0.1) is 11.3 Å². The van der Waals surface area contributed by atoms with E-state index in [1.165, 1.54) is 23.5 Å². The molecule has 0 spiro atoms. The lowest BCUT2D eigenvalue weighted by atomic mass is 9.98. The van der Waals surface area contributed by atoms with Crippen molar-refractivity contribution < 1.29 is 23.5 Å². The van der Waals surface area contributed by atoms with Gasteiger partial charge in [0.05, 0.1) is 18.7 Å². The van der Waals surface area contributed by atoms with Gasteiger partial charge in [0, 0.05) is 47.8 Å². The van der Waals surface area contributed by atoms with Gasteiger partial charge in [-0.3, -0.25) is 9.59 Å². The summed E-state index contributed by atoms with van der Waals surface area (Å²) in [5.41, 5.74) is 3.62. The first-order valence-electron chi connectivity index (χ1n) is 14.0. The monoisotopic (exact) mass is 606 g/mol. The molecule has 43 heavy (non-hydrogen) atoms. The number of halogens is 2. The quantitative estimate of drug-likeness (QED) is 0.166. The van der Waals surface area contributed by atoms with Crippen molar-refractivity contribution in [3.63, 3.8) is 0 Å². The van der Waals surface area contributed by atoms with Crippen LogP contribution in [0.4, 0.5) is 8.78 Å². The van der Waals surface area contributed by atoms with Crippen molar-refractivity contribution in [1.29, 1.82) is 0 Å². The van der Waals surface area contributed by atoms with Gasteiger partial charge in [0.1, 0.15) is 5.01 Å². The van der Waals surface area contributed by atoms with Crippen molar-refractivity contribution in [3.05, 3.63) is 122 Å². The van der Waals surface area contributed by atoms with E-state index in [1.807, 2.05) is 42.6 Å². The zero-order chi connectivity index (χ0) is 31.0. The number of hydrogen-bond acceptors (Lipinski definition) is 6. The number of aliphatic hydroxyl groups excluding tert-OH is 1. The van der Waals surface area contributed by atoms with Gasteiger partial charge >= 0.3 is 0 Å². The normalized spacial score (nSPS) is 12.9.